The molecular formula is C16H13ClN8O2. The summed E-state index contributed by atoms with van der Waals surface area (Å²) in [5.74, 6) is 0.649. The van der Waals surface area contributed by atoms with Crippen LogP contribution in [0.25, 0.3) is 5.65 Å². The van der Waals surface area contributed by atoms with Crippen LogP contribution in [0, 0.1) is 0 Å². The van der Waals surface area contributed by atoms with Crippen LogP contribution in [0.1, 0.15) is 10.5 Å². The first-order chi connectivity index (χ1) is 13.1. The van der Waals surface area contributed by atoms with Gasteiger partial charge in [0.05, 0.1) is 11.9 Å². The van der Waals surface area contributed by atoms with Crippen molar-refractivity contribution >= 4 is 46.2 Å². The van der Waals surface area contributed by atoms with Crippen LogP contribution in [-0.4, -0.2) is 37.7 Å². The highest BCUT2D eigenvalue weighted by molar-refractivity contribution is 6.29. The van der Waals surface area contributed by atoms with Crippen molar-refractivity contribution in [1.82, 2.24) is 24.7 Å². The van der Waals surface area contributed by atoms with Crippen molar-refractivity contribution in [2.24, 2.45) is 0 Å². The lowest BCUT2D eigenvalue weighted by Crippen LogP contribution is -2.16. The van der Waals surface area contributed by atoms with Gasteiger partial charge in [0, 0.05) is 31.1 Å². The zero-order chi connectivity index (χ0) is 18.8. The van der Waals surface area contributed by atoms with Gasteiger partial charge in [-0.3, -0.25) is 4.79 Å². The predicted octanol–water partition coefficient (Wildman–Crippen LogP) is 2.80. The summed E-state index contributed by atoms with van der Waals surface area (Å²) in [6.45, 7) is 0. The monoisotopic (exact) mass is 384 g/mol. The quantitative estimate of drug-likeness (QED) is 0.449. The number of hydrogen-bond donors (Lipinski definition) is 3. The summed E-state index contributed by atoms with van der Waals surface area (Å²) in [6, 6.07) is 6.60. The van der Waals surface area contributed by atoms with Gasteiger partial charge < -0.3 is 20.5 Å². The highest BCUT2D eigenvalue weighted by Crippen LogP contribution is 2.24. The Labute approximate surface area is 157 Å². The topological polar surface area (TPSA) is 122 Å². The van der Waals surface area contributed by atoms with Gasteiger partial charge in [-0.15, -0.1) is 5.10 Å². The first-order valence-electron chi connectivity index (χ1n) is 7.81. The molecule has 1 amide bonds. The van der Waals surface area contributed by atoms with Crippen LogP contribution < -0.4 is 16.0 Å². The predicted molar refractivity (Wildman–Crippen MR) is 99.5 cm³/mol. The van der Waals surface area contributed by atoms with Gasteiger partial charge in [-0.05, 0) is 12.1 Å². The number of carbonyl (C=O) groups is 1. The molecule has 0 spiro atoms. The summed E-state index contributed by atoms with van der Waals surface area (Å²) in [5, 5.41) is 17.3. The number of aromatic nitrogens is 5. The maximum atomic E-state index is 12.7. The van der Waals surface area contributed by atoms with Crippen molar-refractivity contribution < 1.29 is 9.32 Å². The number of amides is 1. The number of imidazole rings is 1. The van der Waals surface area contributed by atoms with E-state index in [0.29, 0.717) is 28.7 Å². The molecule has 0 fully saturated rings. The molecule has 0 aromatic carbocycles. The van der Waals surface area contributed by atoms with Crippen molar-refractivity contribution in [1.29, 1.82) is 0 Å². The molecular weight excluding hydrogens is 372 g/mol. The molecule has 0 radical (unpaired) electrons. The minimum Gasteiger partial charge on any atom is -0.372 e. The molecule has 136 valence electrons. The summed E-state index contributed by atoms with van der Waals surface area (Å²) < 4.78 is 6.26. The molecule has 0 aliphatic carbocycles. The third-order valence-electron chi connectivity index (χ3n) is 3.64. The van der Waals surface area contributed by atoms with Crippen LogP contribution in [0.3, 0.4) is 0 Å². The summed E-state index contributed by atoms with van der Waals surface area (Å²) >= 11 is 5.85. The van der Waals surface area contributed by atoms with Crippen LogP contribution in [0.4, 0.5) is 23.0 Å². The molecule has 0 unspecified atom stereocenters. The molecule has 0 saturated carbocycles. The number of halogens is 1. The highest BCUT2D eigenvalue weighted by Gasteiger charge is 2.17. The maximum absolute atomic E-state index is 12.7. The molecule has 0 atom stereocenters. The molecule has 0 aliphatic rings. The number of rotatable bonds is 5. The Kier molecular flexibility index (Phi) is 4.30. The molecule has 0 aliphatic heterocycles. The molecule has 4 aromatic heterocycles. The zero-order valence-corrected chi connectivity index (χ0v) is 14.7. The van der Waals surface area contributed by atoms with E-state index in [-0.39, 0.29) is 10.8 Å². The van der Waals surface area contributed by atoms with Gasteiger partial charge in [0.2, 0.25) is 0 Å². The SMILES string of the molecule is CNc1cc(Nc2ccon2)c2ncc(C(=O)Nc3ccnc(Cl)c3)n2n1. The Morgan fingerprint density at radius 2 is 2.11 bits per heavy atom. The molecule has 0 saturated heterocycles. The van der Waals surface area contributed by atoms with Gasteiger partial charge in [-0.25, -0.2) is 14.5 Å². The van der Waals surface area contributed by atoms with Crippen molar-refractivity contribution in [3.05, 3.63) is 53.8 Å². The standard InChI is InChI=1S/C16H13ClN8O2/c1-18-14-7-10(22-13-3-5-27-24-13)15-20-8-11(25(15)23-14)16(26)21-9-2-4-19-12(17)6-9/h2-8H,1H3,(H,18,23)(H,22,24)(H,19,21,26). The molecule has 27 heavy (non-hydrogen) atoms. The van der Waals surface area contributed by atoms with E-state index in [1.165, 1.54) is 23.2 Å². The summed E-state index contributed by atoms with van der Waals surface area (Å²) in [5.41, 5.74) is 1.82. The number of anilines is 4. The second-order valence-corrected chi connectivity index (χ2v) is 5.79. The van der Waals surface area contributed by atoms with Gasteiger partial charge in [0.25, 0.3) is 5.91 Å². The van der Waals surface area contributed by atoms with Crippen molar-refractivity contribution in [3.8, 4) is 0 Å². The lowest BCUT2D eigenvalue weighted by atomic mass is 10.3. The minimum absolute atomic E-state index is 0.248. The zero-order valence-electron chi connectivity index (χ0n) is 14.0. The van der Waals surface area contributed by atoms with E-state index in [0.717, 1.165) is 0 Å². The lowest BCUT2D eigenvalue weighted by molar-refractivity contribution is 0.102. The number of fused-ring (bicyclic) bond motifs is 1. The fourth-order valence-corrected chi connectivity index (χ4v) is 2.60. The van der Waals surface area contributed by atoms with Crippen LogP contribution in [0.2, 0.25) is 5.15 Å². The average Bonchev–Trinajstić information content (AvgIpc) is 3.31. The highest BCUT2D eigenvalue weighted by atomic mass is 35.5. The second-order valence-electron chi connectivity index (χ2n) is 5.40. The van der Waals surface area contributed by atoms with Crippen LogP contribution in [0.15, 0.2) is 47.4 Å². The lowest BCUT2D eigenvalue weighted by Gasteiger charge is -2.09. The normalized spacial score (nSPS) is 10.7. The molecule has 4 rings (SSSR count). The van der Waals surface area contributed by atoms with Crippen LogP contribution in [-0.2, 0) is 0 Å². The van der Waals surface area contributed by atoms with Gasteiger partial charge in [0.15, 0.2) is 17.2 Å². The van der Waals surface area contributed by atoms with Gasteiger partial charge >= 0.3 is 0 Å². The fourth-order valence-electron chi connectivity index (χ4n) is 2.43. The Bertz CT molecular complexity index is 1110. The van der Waals surface area contributed by atoms with Gasteiger partial charge in [-0.1, -0.05) is 16.8 Å². The van der Waals surface area contributed by atoms with E-state index in [2.05, 4.69) is 36.2 Å². The van der Waals surface area contributed by atoms with Gasteiger partial charge in [0.1, 0.15) is 17.2 Å². The minimum atomic E-state index is -0.391. The summed E-state index contributed by atoms with van der Waals surface area (Å²) in [4.78, 5) is 20.9. The number of hydrogen-bond acceptors (Lipinski definition) is 8. The van der Waals surface area contributed by atoms with E-state index in [9.17, 15) is 4.79 Å². The molecule has 3 N–H and O–H groups in total. The third kappa shape index (κ3) is 3.37. The average molecular weight is 385 g/mol. The van der Waals surface area contributed by atoms with E-state index in [1.807, 2.05) is 0 Å². The Balaban J connectivity index is 1.72. The molecule has 4 heterocycles. The Morgan fingerprint density at radius 3 is 2.85 bits per heavy atom. The van der Waals surface area contributed by atoms with E-state index in [4.69, 9.17) is 16.1 Å². The summed E-state index contributed by atoms with van der Waals surface area (Å²) in [7, 11) is 1.73. The van der Waals surface area contributed by atoms with Crippen molar-refractivity contribution in [3.63, 3.8) is 0 Å². The Hall–Kier alpha value is -3.66. The number of pyridine rings is 1. The van der Waals surface area contributed by atoms with Crippen LogP contribution in [0.5, 0.6) is 0 Å². The van der Waals surface area contributed by atoms with E-state index < -0.39 is 5.91 Å². The maximum Gasteiger partial charge on any atom is 0.276 e. The van der Waals surface area contributed by atoms with E-state index >= 15 is 0 Å². The third-order valence-corrected chi connectivity index (χ3v) is 3.85. The largest absolute Gasteiger partial charge is 0.372 e. The molecule has 10 nitrogen and oxygen atoms in total. The number of nitrogens with one attached hydrogen (secondary N) is 3. The summed E-state index contributed by atoms with van der Waals surface area (Å²) in [6.07, 6.45) is 4.39. The Morgan fingerprint density at radius 1 is 1.22 bits per heavy atom. The smallest absolute Gasteiger partial charge is 0.276 e. The van der Waals surface area contributed by atoms with Crippen molar-refractivity contribution in [2.45, 2.75) is 0 Å². The fraction of sp³-hybridized carbons (Fsp3) is 0.0625. The van der Waals surface area contributed by atoms with Gasteiger partial charge in [-0.2, -0.15) is 0 Å². The number of nitrogens with zero attached hydrogens (tertiary/aromatic N) is 5. The second kappa shape index (κ2) is 6.92. The first kappa shape index (κ1) is 16.8. The first-order valence-corrected chi connectivity index (χ1v) is 8.18. The molecule has 0 bridgehead atoms. The molecule has 11 heteroatoms. The number of carbonyl (C=O) groups excluding carboxylic acids is 1. The van der Waals surface area contributed by atoms with Crippen LogP contribution >= 0.6 is 11.6 Å². The molecule has 4 aromatic rings. The van der Waals surface area contributed by atoms with Crippen molar-refractivity contribution in [2.75, 3.05) is 23.0 Å². The van der Waals surface area contributed by atoms with E-state index in [1.54, 1.807) is 31.3 Å².